The molecule has 1 N–H and O–H groups in total. The molecule has 36 heavy (non-hydrogen) atoms. The maximum absolute atomic E-state index is 12.6. The van der Waals surface area contributed by atoms with Gasteiger partial charge in [0.2, 0.25) is 5.75 Å². The van der Waals surface area contributed by atoms with Crippen molar-refractivity contribution in [1.82, 2.24) is 5.43 Å². The van der Waals surface area contributed by atoms with Crippen molar-refractivity contribution in [2.75, 3.05) is 27.9 Å². The third kappa shape index (κ3) is 6.89. The molecule has 0 aromatic heterocycles. The van der Waals surface area contributed by atoms with E-state index in [0.29, 0.717) is 39.3 Å². The summed E-state index contributed by atoms with van der Waals surface area (Å²) in [4.78, 5) is 24.6. The number of ether oxygens (including phenoxy) is 5. The number of rotatable bonds is 10. The van der Waals surface area contributed by atoms with Gasteiger partial charge in [-0.1, -0.05) is 11.6 Å². The number of methoxy groups -OCH3 is 3. The Morgan fingerprint density at radius 1 is 0.917 bits per heavy atom. The summed E-state index contributed by atoms with van der Waals surface area (Å²) in [7, 11) is 4.40. The lowest BCUT2D eigenvalue weighted by atomic mass is 10.2. The number of nitrogens with one attached hydrogen (secondary N) is 1. The molecule has 10 heteroatoms. The summed E-state index contributed by atoms with van der Waals surface area (Å²) in [6.07, 6.45) is 1.45. The van der Waals surface area contributed by atoms with Gasteiger partial charge in [0.05, 0.1) is 33.1 Å². The summed E-state index contributed by atoms with van der Waals surface area (Å²) in [5.41, 5.74) is 4.12. The van der Waals surface area contributed by atoms with Crippen molar-refractivity contribution in [3.63, 3.8) is 0 Å². The van der Waals surface area contributed by atoms with Crippen molar-refractivity contribution in [2.24, 2.45) is 5.10 Å². The minimum atomic E-state index is -0.598. The Kier molecular flexibility index (Phi) is 9.13. The standard InChI is InChI=1S/C26H25ClN2O7/c1-16-11-19(27)7-10-21(16)35-15-24(30)29-28-14-17-5-8-20(9-6-17)36-26(31)18-12-22(32-2)25(34-4)23(13-18)33-3/h5-14H,15H2,1-4H3,(H,29,30). The summed E-state index contributed by atoms with van der Waals surface area (Å²) < 4.78 is 26.7. The molecule has 0 saturated carbocycles. The number of halogens is 1. The Morgan fingerprint density at radius 3 is 2.17 bits per heavy atom. The minimum Gasteiger partial charge on any atom is -0.493 e. The van der Waals surface area contributed by atoms with Gasteiger partial charge >= 0.3 is 5.97 Å². The van der Waals surface area contributed by atoms with E-state index in [1.54, 1.807) is 42.5 Å². The average Bonchev–Trinajstić information content (AvgIpc) is 2.88. The van der Waals surface area contributed by atoms with Crippen molar-refractivity contribution in [3.05, 3.63) is 76.3 Å². The second-order valence-electron chi connectivity index (χ2n) is 7.36. The van der Waals surface area contributed by atoms with Crippen LogP contribution in [0, 0.1) is 6.92 Å². The third-order valence-electron chi connectivity index (χ3n) is 4.89. The van der Waals surface area contributed by atoms with E-state index in [2.05, 4.69) is 10.5 Å². The monoisotopic (exact) mass is 512 g/mol. The lowest BCUT2D eigenvalue weighted by Gasteiger charge is -2.13. The Balaban J connectivity index is 1.54. The number of carbonyl (C=O) groups is 2. The van der Waals surface area contributed by atoms with E-state index >= 15 is 0 Å². The zero-order valence-electron chi connectivity index (χ0n) is 20.2. The molecule has 0 aliphatic carbocycles. The van der Waals surface area contributed by atoms with Gasteiger partial charge in [-0.3, -0.25) is 4.79 Å². The molecule has 0 atom stereocenters. The van der Waals surface area contributed by atoms with Crippen molar-refractivity contribution in [3.8, 4) is 28.7 Å². The topological polar surface area (TPSA) is 105 Å². The number of hydrogen-bond acceptors (Lipinski definition) is 8. The summed E-state index contributed by atoms with van der Waals surface area (Å²) in [5, 5.41) is 4.50. The fourth-order valence-electron chi connectivity index (χ4n) is 3.12. The van der Waals surface area contributed by atoms with Crippen LogP contribution in [0.1, 0.15) is 21.5 Å². The fourth-order valence-corrected chi connectivity index (χ4v) is 3.34. The van der Waals surface area contributed by atoms with Crippen molar-refractivity contribution in [1.29, 1.82) is 0 Å². The predicted octanol–water partition coefficient (Wildman–Crippen LogP) is 4.42. The minimum absolute atomic E-state index is 0.199. The Bertz CT molecular complexity index is 1230. The molecule has 0 aliphatic heterocycles. The van der Waals surface area contributed by atoms with Crippen LogP contribution in [0.5, 0.6) is 28.7 Å². The van der Waals surface area contributed by atoms with E-state index in [1.165, 1.54) is 39.7 Å². The first-order valence-electron chi connectivity index (χ1n) is 10.7. The molecular weight excluding hydrogens is 488 g/mol. The average molecular weight is 513 g/mol. The normalized spacial score (nSPS) is 10.6. The Hall–Kier alpha value is -4.24. The van der Waals surface area contributed by atoms with Gasteiger partial charge in [0.15, 0.2) is 18.1 Å². The fraction of sp³-hybridized carbons (Fsp3) is 0.192. The van der Waals surface area contributed by atoms with Gasteiger partial charge in [-0.2, -0.15) is 5.10 Å². The van der Waals surface area contributed by atoms with Crippen molar-refractivity contribution in [2.45, 2.75) is 6.92 Å². The zero-order valence-corrected chi connectivity index (χ0v) is 20.9. The second-order valence-corrected chi connectivity index (χ2v) is 7.80. The molecule has 0 spiro atoms. The maximum Gasteiger partial charge on any atom is 0.343 e. The van der Waals surface area contributed by atoms with Crippen LogP contribution in [0.15, 0.2) is 59.7 Å². The molecular formula is C26H25ClN2O7. The van der Waals surface area contributed by atoms with Gasteiger partial charge in [0, 0.05) is 5.02 Å². The van der Waals surface area contributed by atoms with Gasteiger partial charge in [-0.25, -0.2) is 10.2 Å². The number of nitrogens with zero attached hydrogens (tertiary/aromatic N) is 1. The third-order valence-corrected chi connectivity index (χ3v) is 5.12. The molecule has 3 rings (SSSR count). The lowest BCUT2D eigenvalue weighted by Crippen LogP contribution is -2.24. The van der Waals surface area contributed by atoms with Gasteiger partial charge in [0.1, 0.15) is 11.5 Å². The van der Waals surface area contributed by atoms with E-state index in [0.717, 1.165) is 5.56 Å². The molecule has 1 amide bonds. The molecule has 188 valence electrons. The van der Waals surface area contributed by atoms with Gasteiger partial charge in [-0.15, -0.1) is 0 Å². The van der Waals surface area contributed by atoms with E-state index in [1.807, 2.05) is 6.92 Å². The van der Waals surface area contributed by atoms with E-state index < -0.39 is 11.9 Å². The van der Waals surface area contributed by atoms with Gasteiger partial charge in [-0.05, 0) is 72.6 Å². The predicted molar refractivity (Wildman–Crippen MR) is 135 cm³/mol. The zero-order chi connectivity index (χ0) is 26.1. The highest BCUT2D eigenvalue weighted by Crippen LogP contribution is 2.38. The van der Waals surface area contributed by atoms with Crippen LogP contribution in [0.2, 0.25) is 5.02 Å². The van der Waals surface area contributed by atoms with Crippen LogP contribution in [0.3, 0.4) is 0 Å². The van der Waals surface area contributed by atoms with Crippen molar-refractivity contribution < 1.29 is 33.3 Å². The first-order chi connectivity index (χ1) is 17.3. The van der Waals surface area contributed by atoms with Crippen LogP contribution >= 0.6 is 11.6 Å². The number of esters is 1. The van der Waals surface area contributed by atoms with E-state index in [4.69, 9.17) is 35.3 Å². The number of hydrazone groups is 1. The smallest absolute Gasteiger partial charge is 0.343 e. The first kappa shape index (κ1) is 26.4. The largest absolute Gasteiger partial charge is 0.493 e. The maximum atomic E-state index is 12.6. The number of hydrogen-bond donors (Lipinski definition) is 1. The van der Waals surface area contributed by atoms with Crippen LogP contribution in [0.25, 0.3) is 0 Å². The lowest BCUT2D eigenvalue weighted by molar-refractivity contribution is -0.123. The summed E-state index contributed by atoms with van der Waals surface area (Å²) in [6.45, 7) is 1.64. The first-order valence-corrected chi connectivity index (χ1v) is 11.1. The summed E-state index contributed by atoms with van der Waals surface area (Å²) in [6, 6.07) is 14.7. The quantitative estimate of drug-likeness (QED) is 0.185. The van der Waals surface area contributed by atoms with Crippen LogP contribution in [0.4, 0.5) is 0 Å². The molecule has 0 radical (unpaired) electrons. The number of amides is 1. The number of aryl methyl sites for hydroxylation is 1. The van der Waals surface area contributed by atoms with Crippen LogP contribution in [-0.4, -0.2) is 46.0 Å². The molecule has 3 aromatic carbocycles. The molecule has 0 bridgehead atoms. The number of carbonyl (C=O) groups excluding carboxylic acids is 2. The van der Waals surface area contributed by atoms with Gasteiger partial charge in [0.25, 0.3) is 5.91 Å². The molecule has 0 unspecified atom stereocenters. The van der Waals surface area contributed by atoms with Crippen LogP contribution < -0.4 is 29.1 Å². The van der Waals surface area contributed by atoms with Gasteiger partial charge < -0.3 is 23.7 Å². The highest BCUT2D eigenvalue weighted by Gasteiger charge is 2.18. The van der Waals surface area contributed by atoms with Crippen LogP contribution in [-0.2, 0) is 4.79 Å². The Morgan fingerprint density at radius 2 is 1.58 bits per heavy atom. The summed E-state index contributed by atoms with van der Waals surface area (Å²) >= 11 is 5.91. The van der Waals surface area contributed by atoms with Crippen molar-refractivity contribution >= 4 is 29.7 Å². The molecule has 0 heterocycles. The second kappa shape index (κ2) is 12.5. The molecule has 3 aromatic rings. The number of benzene rings is 3. The molecule has 9 nitrogen and oxygen atoms in total. The van der Waals surface area contributed by atoms with E-state index in [-0.39, 0.29) is 12.2 Å². The molecule has 0 fully saturated rings. The summed E-state index contributed by atoms with van der Waals surface area (Å²) in [5.74, 6) is 0.920. The molecule has 0 aliphatic rings. The Labute approximate surface area is 213 Å². The molecule has 0 saturated heterocycles. The SMILES string of the molecule is COc1cc(C(=O)Oc2ccc(C=NNC(=O)COc3ccc(Cl)cc3C)cc2)cc(OC)c1OC. The highest BCUT2D eigenvalue weighted by molar-refractivity contribution is 6.30. The highest BCUT2D eigenvalue weighted by atomic mass is 35.5. The van der Waals surface area contributed by atoms with E-state index in [9.17, 15) is 9.59 Å².